The number of likely N-dealkylation sites (tertiary alicyclic amines) is 1. The molecule has 2 saturated heterocycles. The zero-order valence-corrected chi connectivity index (χ0v) is 16.6. The zero-order valence-electron chi connectivity index (χ0n) is 15.7. The number of rotatable bonds is 7. The van der Waals surface area contributed by atoms with Gasteiger partial charge in [0.2, 0.25) is 0 Å². The third-order valence-electron chi connectivity index (χ3n) is 5.37. The summed E-state index contributed by atoms with van der Waals surface area (Å²) < 4.78 is 0. The summed E-state index contributed by atoms with van der Waals surface area (Å²) in [5, 5.41) is 0. The minimum absolute atomic E-state index is 0.0216. The predicted octanol–water partition coefficient (Wildman–Crippen LogP) is 1.42. The molecule has 0 radical (unpaired) electrons. The van der Waals surface area contributed by atoms with E-state index < -0.39 is 5.54 Å². The second-order valence-corrected chi connectivity index (χ2v) is 8.07. The molecule has 0 bridgehead atoms. The molecule has 24 heavy (non-hydrogen) atoms. The second kappa shape index (κ2) is 8.06. The van der Waals surface area contributed by atoms with Crippen LogP contribution < -0.4 is 0 Å². The highest BCUT2D eigenvalue weighted by atomic mass is 32.2. The minimum Gasteiger partial charge on any atom is -0.310 e. The van der Waals surface area contributed by atoms with Crippen LogP contribution in [0.4, 0.5) is 4.79 Å². The van der Waals surface area contributed by atoms with Gasteiger partial charge >= 0.3 is 6.03 Å². The Labute approximate surface area is 150 Å². The molecule has 138 valence electrons. The maximum Gasteiger partial charge on any atom is 0.327 e. The average molecular weight is 357 g/mol. The Morgan fingerprint density at radius 2 is 1.88 bits per heavy atom. The smallest absolute Gasteiger partial charge is 0.310 e. The van der Waals surface area contributed by atoms with Gasteiger partial charge in [0, 0.05) is 44.5 Å². The number of hydrogen-bond donors (Lipinski definition) is 0. The van der Waals surface area contributed by atoms with Crippen molar-refractivity contribution in [2.75, 3.05) is 58.8 Å². The van der Waals surface area contributed by atoms with E-state index in [1.165, 1.54) is 4.90 Å². The van der Waals surface area contributed by atoms with Crippen molar-refractivity contribution in [2.45, 2.75) is 38.3 Å². The second-order valence-electron chi connectivity index (χ2n) is 7.16. The standard InChI is InChI=1S/C17H32N4O2S/c1-6-21-16(23)20(12-11-18(3)4)15(22)17(21)7-9-19(10-8-17)14(2)13-24-5/h14H,6-13H2,1-5H3/t14-/m0/s1. The molecule has 2 aliphatic rings. The first kappa shape index (κ1) is 19.5. The quantitative estimate of drug-likeness (QED) is 0.646. The topological polar surface area (TPSA) is 47.1 Å². The van der Waals surface area contributed by atoms with Crippen molar-refractivity contribution >= 4 is 23.7 Å². The number of amides is 3. The number of carbonyl (C=O) groups is 2. The van der Waals surface area contributed by atoms with Crippen molar-refractivity contribution in [2.24, 2.45) is 0 Å². The molecule has 1 atom stereocenters. The fourth-order valence-corrected chi connectivity index (χ4v) is 4.58. The zero-order chi connectivity index (χ0) is 17.9. The lowest BCUT2D eigenvalue weighted by molar-refractivity contribution is -0.135. The molecule has 0 N–H and O–H groups in total. The van der Waals surface area contributed by atoms with Crippen LogP contribution in [0, 0.1) is 0 Å². The van der Waals surface area contributed by atoms with Crippen molar-refractivity contribution < 1.29 is 9.59 Å². The SMILES string of the molecule is CCN1C(=O)N(CCN(C)C)C(=O)C12CCN([C@@H](C)CSC)CC2. The molecule has 0 saturated carbocycles. The van der Waals surface area contributed by atoms with Crippen molar-refractivity contribution in [3.05, 3.63) is 0 Å². The van der Waals surface area contributed by atoms with Gasteiger partial charge in [0.1, 0.15) is 5.54 Å². The van der Waals surface area contributed by atoms with E-state index in [0.29, 0.717) is 25.7 Å². The van der Waals surface area contributed by atoms with Gasteiger partial charge in [0.25, 0.3) is 5.91 Å². The van der Waals surface area contributed by atoms with Crippen LogP contribution in [0.3, 0.4) is 0 Å². The van der Waals surface area contributed by atoms with Gasteiger partial charge in [0.05, 0.1) is 0 Å². The highest BCUT2D eigenvalue weighted by Gasteiger charge is 2.57. The maximum absolute atomic E-state index is 13.1. The summed E-state index contributed by atoms with van der Waals surface area (Å²) in [5.74, 6) is 1.13. The van der Waals surface area contributed by atoms with Gasteiger partial charge in [0.15, 0.2) is 0 Å². The molecule has 2 aliphatic heterocycles. The summed E-state index contributed by atoms with van der Waals surface area (Å²) in [6.45, 7) is 7.79. The molecule has 0 unspecified atom stereocenters. The number of nitrogens with zero attached hydrogens (tertiary/aromatic N) is 4. The third-order valence-corrected chi connectivity index (χ3v) is 6.18. The molecule has 1 spiro atoms. The normalized spacial score (nSPS) is 22.9. The molecule has 0 aromatic rings. The number of thioether (sulfide) groups is 1. The lowest BCUT2D eigenvalue weighted by atomic mass is 9.85. The van der Waals surface area contributed by atoms with Crippen LogP contribution in [0.5, 0.6) is 0 Å². The predicted molar refractivity (Wildman–Crippen MR) is 99.4 cm³/mol. The summed E-state index contributed by atoms with van der Waals surface area (Å²) in [5.41, 5.74) is -0.603. The molecule has 7 heteroatoms. The molecule has 0 aromatic heterocycles. The number of likely N-dealkylation sites (N-methyl/N-ethyl adjacent to an activating group) is 2. The molecule has 2 rings (SSSR count). The molecule has 6 nitrogen and oxygen atoms in total. The highest BCUT2D eigenvalue weighted by Crippen LogP contribution is 2.37. The van der Waals surface area contributed by atoms with Crippen LogP contribution >= 0.6 is 11.8 Å². The summed E-state index contributed by atoms with van der Waals surface area (Å²) in [6, 6.07) is 0.416. The van der Waals surface area contributed by atoms with Crippen molar-refractivity contribution in [1.82, 2.24) is 19.6 Å². The van der Waals surface area contributed by atoms with E-state index in [1.807, 2.05) is 42.6 Å². The average Bonchev–Trinajstić information content (AvgIpc) is 2.73. The molecule has 3 amide bonds. The Balaban J connectivity index is 2.11. The van der Waals surface area contributed by atoms with Crippen LogP contribution in [0.2, 0.25) is 0 Å². The lowest BCUT2D eigenvalue weighted by Crippen LogP contribution is -2.57. The van der Waals surface area contributed by atoms with Gasteiger partial charge in [-0.2, -0.15) is 11.8 Å². The van der Waals surface area contributed by atoms with Crippen molar-refractivity contribution in [1.29, 1.82) is 0 Å². The van der Waals surface area contributed by atoms with Gasteiger partial charge in [-0.15, -0.1) is 0 Å². The van der Waals surface area contributed by atoms with Crippen molar-refractivity contribution in [3.63, 3.8) is 0 Å². The maximum atomic E-state index is 13.1. The van der Waals surface area contributed by atoms with Crippen LogP contribution in [-0.2, 0) is 4.79 Å². The molecular formula is C17H32N4O2S. The van der Waals surface area contributed by atoms with Gasteiger partial charge in [-0.25, -0.2) is 4.79 Å². The molecular weight excluding hydrogens is 324 g/mol. The molecule has 2 fully saturated rings. The summed E-state index contributed by atoms with van der Waals surface area (Å²) in [4.78, 5) is 33.6. The molecule has 0 aromatic carbocycles. The van der Waals surface area contributed by atoms with E-state index in [4.69, 9.17) is 0 Å². The molecule has 2 heterocycles. The first-order valence-corrected chi connectivity index (χ1v) is 10.3. The summed E-state index contributed by atoms with van der Waals surface area (Å²) in [6.07, 6.45) is 3.63. The third kappa shape index (κ3) is 3.58. The number of piperidine rings is 1. The summed E-state index contributed by atoms with van der Waals surface area (Å²) >= 11 is 1.86. The minimum atomic E-state index is -0.603. The van der Waals surface area contributed by atoms with Crippen LogP contribution in [0.25, 0.3) is 0 Å². The lowest BCUT2D eigenvalue weighted by Gasteiger charge is -2.43. The fourth-order valence-electron chi connectivity index (χ4n) is 3.88. The fraction of sp³-hybridized carbons (Fsp3) is 0.882. The van der Waals surface area contributed by atoms with E-state index in [-0.39, 0.29) is 11.9 Å². The Morgan fingerprint density at radius 1 is 1.25 bits per heavy atom. The van der Waals surface area contributed by atoms with Crippen LogP contribution in [0.15, 0.2) is 0 Å². The first-order chi connectivity index (χ1) is 11.4. The van der Waals surface area contributed by atoms with E-state index >= 15 is 0 Å². The van der Waals surface area contributed by atoms with Crippen molar-refractivity contribution in [3.8, 4) is 0 Å². The van der Waals surface area contributed by atoms with E-state index in [1.54, 1.807) is 0 Å². The van der Waals surface area contributed by atoms with Gasteiger partial charge in [-0.05, 0) is 47.0 Å². The van der Waals surface area contributed by atoms with Gasteiger partial charge in [-0.1, -0.05) is 0 Å². The number of carbonyl (C=O) groups excluding carboxylic acids is 2. The molecule has 0 aliphatic carbocycles. The number of urea groups is 1. The van der Waals surface area contributed by atoms with Gasteiger partial charge < -0.3 is 9.80 Å². The van der Waals surface area contributed by atoms with Crippen LogP contribution in [-0.4, -0.2) is 102 Å². The number of hydrogen-bond acceptors (Lipinski definition) is 5. The van der Waals surface area contributed by atoms with E-state index in [0.717, 1.165) is 31.7 Å². The van der Waals surface area contributed by atoms with Crippen LogP contribution in [0.1, 0.15) is 26.7 Å². The Bertz CT molecular complexity index is 464. The van der Waals surface area contributed by atoms with E-state index in [9.17, 15) is 9.59 Å². The Hall–Kier alpha value is -0.790. The largest absolute Gasteiger partial charge is 0.327 e. The highest BCUT2D eigenvalue weighted by molar-refractivity contribution is 7.98. The van der Waals surface area contributed by atoms with E-state index in [2.05, 4.69) is 18.1 Å². The Kier molecular flexibility index (Phi) is 6.56. The summed E-state index contributed by atoms with van der Waals surface area (Å²) in [7, 11) is 3.92. The monoisotopic (exact) mass is 356 g/mol. The first-order valence-electron chi connectivity index (χ1n) is 8.88. The van der Waals surface area contributed by atoms with Gasteiger partial charge in [-0.3, -0.25) is 14.6 Å². The number of imide groups is 1. The Morgan fingerprint density at radius 3 is 2.38 bits per heavy atom.